The van der Waals surface area contributed by atoms with Crippen molar-refractivity contribution in [2.45, 2.75) is 44.7 Å². The Balaban J connectivity index is 1.79. The molecule has 1 aromatic heterocycles. The molecule has 2 aromatic carbocycles. The highest BCUT2D eigenvalue weighted by atomic mass is 16.7. The number of ether oxygens (including phenoxy) is 4. The van der Waals surface area contributed by atoms with Crippen molar-refractivity contribution in [3.05, 3.63) is 58.3 Å². The van der Waals surface area contributed by atoms with Crippen molar-refractivity contribution in [1.29, 1.82) is 0 Å². The maximum absolute atomic E-state index is 13.1. The van der Waals surface area contributed by atoms with E-state index in [2.05, 4.69) is 0 Å². The van der Waals surface area contributed by atoms with E-state index in [1.807, 2.05) is 44.2 Å². The second kappa shape index (κ2) is 6.85. The molecule has 0 bridgehead atoms. The largest absolute Gasteiger partial charge is 0.496 e. The quantitative estimate of drug-likeness (QED) is 0.590. The zero-order valence-electron chi connectivity index (χ0n) is 17.6. The van der Waals surface area contributed by atoms with Gasteiger partial charge in [0.2, 0.25) is 6.29 Å². The summed E-state index contributed by atoms with van der Waals surface area (Å²) in [6.07, 6.45) is -1.28. The van der Waals surface area contributed by atoms with Gasteiger partial charge in [0.1, 0.15) is 39.9 Å². The second-order valence-corrected chi connectivity index (χ2v) is 8.30. The van der Waals surface area contributed by atoms with Crippen LogP contribution in [0.1, 0.15) is 32.3 Å². The molecule has 0 amide bonds. The van der Waals surface area contributed by atoms with E-state index in [9.17, 15) is 9.59 Å². The number of fused-ring (bicyclic) bond motifs is 5. The van der Waals surface area contributed by atoms with Crippen LogP contribution in [0.3, 0.4) is 0 Å². The third kappa shape index (κ3) is 2.99. The molecule has 0 radical (unpaired) electrons. The number of carbonyl (C=O) groups excluding carboxylic acids is 1. The van der Waals surface area contributed by atoms with E-state index in [-0.39, 0.29) is 5.43 Å². The van der Waals surface area contributed by atoms with Crippen LogP contribution in [0, 0.1) is 0 Å². The lowest BCUT2D eigenvalue weighted by molar-refractivity contribution is -0.159. The standard InChI is InChI=1S/C24H22O7/c1-12(25)28-22-20-19-17(30-23(20)31-24(22,2)3)11-16(27-4)18-14(26)10-15(29-21(18)19)13-8-6-5-7-9-13/h5-11,20,22-23H,1-4H3/t20-,22-,23+/m1/s1. The normalized spacial score (nSPS) is 23.2. The van der Waals surface area contributed by atoms with Crippen molar-refractivity contribution in [2.75, 3.05) is 7.11 Å². The molecule has 31 heavy (non-hydrogen) atoms. The van der Waals surface area contributed by atoms with Crippen molar-refractivity contribution in [1.82, 2.24) is 0 Å². The summed E-state index contributed by atoms with van der Waals surface area (Å²) in [6.45, 7) is 5.05. The van der Waals surface area contributed by atoms with E-state index in [1.54, 1.807) is 6.07 Å². The van der Waals surface area contributed by atoms with Gasteiger partial charge in [0, 0.05) is 24.6 Å². The van der Waals surface area contributed by atoms with Gasteiger partial charge in [0.15, 0.2) is 5.43 Å². The molecule has 160 valence electrons. The first-order chi connectivity index (χ1) is 14.8. The molecule has 3 aromatic rings. The summed E-state index contributed by atoms with van der Waals surface area (Å²) >= 11 is 0. The van der Waals surface area contributed by atoms with Crippen molar-refractivity contribution >= 4 is 16.9 Å². The summed E-state index contributed by atoms with van der Waals surface area (Å²) in [5.41, 5.74) is 0.764. The van der Waals surface area contributed by atoms with Gasteiger partial charge in [-0.15, -0.1) is 0 Å². The Bertz CT molecular complexity index is 1240. The molecule has 7 nitrogen and oxygen atoms in total. The smallest absolute Gasteiger partial charge is 0.303 e. The van der Waals surface area contributed by atoms with Crippen molar-refractivity contribution in [3.8, 4) is 22.8 Å². The molecule has 7 heteroatoms. The van der Waals surface area contributed by atoms with Crippen LogP contribution in [0.2, 0.25) is 0 Å². The summed E-state index contributed by atoms with van der Waals surface area (Å²) in [5, 5.41) is 0.316. The van der Waals surface area contributed by atoms with E-state index < -0.39 is 29.9 Å². The highest BCUT2D eigenvalue weighted by Gasteiger charge is 2.58. The summed E-state index contributed by atoms with van der Waals surface area (Å²) < 4.78 is 29.5. The summed E-state index contributed by atoms with van der Waals surface area (Å²) in [4.78, 5) is 25.0. The number of hydrogen-bond donors (Lipinski definition) is 0. The average molecular weight is 422 g/mol. The van der Waals surface area contributed by atoms with Crippen LogP contribution >= 0.6 is 0 Å². The zero-order valence-corrected chi connectivity index (χ0v) is 17.6. The molecule has 5 rings (SSSR count). The van der Waals surface area contributed by atoms with E-state index in [4.69, 9.17) is 23.4 Å². The minimum absolute atomic E-state index is 0.231. The van der Waals surface area contributed by atoms with Gasteiger partial charge in [-0.1, -0.05) is 30.3 Å². The summed E-state index contributed by atoms with van der Waals surface area (Å²) in [6, 6.07) is 12.5. The number of carbonyl (C=O) groups is 1. The molecule has 2 aliphatic rings. The van der Waals surface area contributed by atoms with Gasteiger partial charge >= 0.3 is 5.97 Å². The van der Waals surface area contributed by atoms with E-state index in [0.717, 1.165) is 5.56 Å². The molecule has 0 N–H and O–H groups in total. The maximum atomic E-state index is 13.1. The SMILES string of the molecule is COc1cc2c(c3oc(-c4ccccc4)cc(=O)c13)[C@H]1[C@@H](O2)OC(C)(C)[C@@H]1OC(C)=O. The van der Waals surface area contributed by atoms with Crippen LogP contribution in [0.5, 0.6) is 11.5 Å². The molecular weight excluding hydrogens is 400 g/mol. The maximum Gasteiger partial charge on any atom is 0.303 e. The number of hydrogen-bond acceptors (Lipinski definition) is 7. The molecular formula is C24H22O7. The number of esters is 1. The lowest BCUT2D eigenvalue weighted by Gasteiger charge is -2.27. The van der Waals surface area contributed by atoms with Gasteiger partial charge in [-0.25, -0.2) is 0 Å². The molecule has 1 fully saturated rings. The van der Waals surface area contributed by atoms with Gasteiger partial charge in [-0.2, -0.15) is 0 Å². The first-order valence-corrected chi connectivity index (χ1v) is 10.1. The van der Waals surface area contributed by atoms with E-state index >= 15 is 0 Å². The third-order valence-electron chi connectivity index (χ3n) is 5.84. The fraction of sp³-hybridized carbons (Fsp3) is 0.333. The molecule has 0 saturated carbocycles. The molecule has 0 aliphatic carbocycles. The van der Waals surface area contributed by atoms with E-state index in [1.165, 1.54) is 20.1 Å². The third-order valence-corrected chi connectivity index (χ3v) is 5.84. The summed E-state index contributed by atoms with van der Waals surface area (Å²) in [5.74, 6) is 0.404. The predicted molar refractivity (Wildman–Crippen MR) is 112 cm³/mol. The summed E-state index contributed by atoms with van der Waals surface area (Å²) in [7, 11) is 1.49. The Kier molecular flexibility index (Phi) is 4.34. The Labute approximate surface area is 178 Å². The van der Waals surface area contributed by atoms with Crippen LogP contribution in [0.15, 0.2) is 51.7 Å². The fourth-order valence-electron chi connectivity index (χ4n) is 4.54. The van der Waals surface area contributed by atoms with Gasteiger partial charge < -0.3 is 23.4 Å². The Hall–Kier alpha value is -3.32. The van der Waals surface area contributed by atoms with Crippen LogP contribution < -0.4 is 14.9 Å². The van der Waals surface area contributed by atoms with Gasteiger partial charge in [0.25, 0.3) is 0 Å². The van der Waals surface area contributed by atoms with Crippen molar-refractivity contribution in [2.24, 2.45) is 0 Å². The fourth-order valence-corrected chi connectivity index (χ4v) is 4.54. The van der Waals surface area contributed by atoms with Crippen molar-refractivity contribution < 1.29 is 28.2 Å². The van der Waals surface area contributed by atoms with Crippen LogP contribution in [-0.4, -0.2) is 31.1 Å². The molecule has 2 aliphatic heterocycles. The molecule has 0 unspecified atom stereocenters. The Morgan fingerprint density at radius 2 is 1.87 bits per heavy atom. The zero-order chi connectivity index (χ0) is 21.9. The van der Waals surface area contributed by atoms with Crippen LogP contribution in [0.25, 0.3) is 22.3 Å². The lowest BCUT2D eigenvalue weighted by atomic mass is 9.87. The van der Waals surface area contributed by atoms with Crippen LogP contribution in [-0.2, 0) is 14.3 Å². The molecule has 3 heterocycles. The second-order valence-electron chi connectivity index (χ2n) is 8.30. The Morgan fingerprint density at radius 3 is 2.55 bits per heavy atom. The average Bonchev–Trinajstić information content (AvgIpc) is 3.19. The first-order valence-electron chi connectivity index (χ1n) is 10.1. The topological polar surface area (TPSA) is 84.2 Å². The van der Waals surface area contributed by atoms with Gasteiger partial charge in [-0.3, -0.25) is 9.59 Å². The minimum Gasteiger partial charge on any atom is -0.496 e. The highest BCUT2D eigenvalue weighted by Crippen LogP contribution is 2.54. The lowest BCUT2D eigenvalue weighted by Crippen LogP contribution is -2.38. The first kappa shape index (κ1) is 19.6. The minimum atomic E-state index is -0.776. The van der Waals surface area contributed by atoms with Gasteiger partial charge in [0.05, 0.1) is 18.6 Å². The van der Waals surface area contributed by atoms with Gasteiger partial charge in [-0.05, 0) is 13.8 Å². The van der Waals surface area contributed by atoms with Crippen LogP contribution in [0.4, 0.5) is 0 Å². The highest BCUT2D eigenvalue weighted by molar-refractivity contribution is 5.91. The van der Waals surface area contributed by atoms with Crippen molar-refractivity contribution in [3.63, 3.8) is 0 Å². The number of rotatable bonds is 3. The molecule has 0 spiro atoms. The number of methoxy groups -OCH3 is 1. The number of benzene rings is 2. The monoisotopic (exact) mass is 422 g/mol. The molecule has 1 saturated heterocycles. The predicted octanol–water partition coefficient (Wildman–Crippen LogP) is 4.01. The molecule has 3 atom stereocenters. The van der Waals surface area contributed by atoms with E-state index in [0.29, 0.717) is 33.8 Å². The Morgan fingerprint density at radius 1 is 1.13 bits per heavy atom.